The molecule has 0 radical (unpaired) electrons. The Morgan fingerprint density at radius 1 is 0.766 bits per heavy atom. The summed E-state index contributed by atoms with van der Waals surface area (Å²) in [6.45, 7) is 10.2. The van der Waals surface area contributed by atoms with Gasteiger partial charge < -0.3 is 25.2 Å². The average molecular weight is 657 g/mol. The van der Waals surface area contributed by atoms with Crippen LogP contribution in [-0.2, 0) is 31.3 Å². The molecule has 2 aliphatic heterocycles. The first-order chi connectivity index (χ1) is 22.0. The van der Waals surface area contributed by atoms with Crippen molar-refractivity contribution in [1.29, 1.82) is 0 Å². The maximum Gasteiger partial charge on any atom is 0.259 e. The largest absolute Gasteiger partial charge is 0.496 e. The van der Waals surface area contributed by atoms with Crippen molar-refractivity contribution in [2.75, 3.05) is 44.9 Å². The number of nitrogens with zero attached hydrogens (tertiary/aromatic N) is 4. The molecule has 2 aliphatic rings. The molecule has 6 rings (SSSR count). The molecule has 0 fully saturated rings. The summed E-state index contributed by atoms with van der Waals surface area (Å²) in [6, 6.07) is 19.0. The molecule has 0 saturated heterocycles. The summed E-state index contributed by atoms with van der Waals surface area (Å²) in [7, 11) is 5.78. The molecule has 0 bridgehead atoms. The average Bonchev–Trinajstić information content (AvgIpc) is 3.04. The molecule has 2 aromatic heterocycles. The van der Waals surface area contributed by atoms with Crippen LogP contribution in [0, 0.1) is 0 Å². The van der Waals surface area contributed by atoms with Crippen molar-refractivity contribution in [3.05, 3.63) is 112 Å². The van der Waals surface area contributed by atoms with Gasteiger partial charge in [0.1, 0.15) is 5.75 Å². The number of methoxy groups -OCH3 is 1. The van der Waals surface area contributed by atoms with Crippen LogP contribution in [0.2, 0.25) is 0 Å². The molecule has 2 amide bonds. The van der Waals surface area contributed by atoms with Gasteiger partial charge in [0.2, 0.25) is 0 Å². The number of likely N-dealkylation sites (N-methyl/N-ethyl adjacent to an activating group) is 2. The number of fused-ring (bicyclic) bond motifs is 2. The van der Waals surface area contributed by atoms with Crippen LogP contribution in [0.1, 0.15) is 69.6 Å². The van der Waals surface area contributed by atoms with Crippen LogP contribution in [0.4, 0.5) is 11.4 Å². The van der Waals surface area contributed by atoms with Crippen LogP contribution in [0.15, 0.2) is 73.1 Å². The Hall–Kier alpha value is -4.31. The number of nitrogens with one attached hydrogen (secondary N) is 2. The van der Waals surface area contributed by atoms with E-state index < -0.39 is 0 Å². The fourth-order valence-corrected chi connectivity index (χ4v) is 5.61. The number of carbonyl (C=O) groups excluding carboxylic acids is 2. The van der Waals surface area contributed by atoms with Gasteiger partial charge >= 0.3 is 0 Å². The van der Waals surface area contributed by atoms with E-state index in [1.807, 2.05) is 48.5 Å². The van der Waals surface area contributed by atoms with Crippen molar-refractivity contribution >= 4 is 35.6 Å². The number of ether oxygens (including phenoxy) is 1. The Morgan fingerprint density at radius 3 is 1.81 bits per heavy atom. The van der Waals surface area contributed by atoms with E-state index in [1.54, 1.807) is 31.6 Å². The SMILES string of the molecule is CN1CCc2ncc(NC(=O)c3ccccc3)cc2C1.COc1cc(C(C)(C)C)ccc1C(=O)Nc1cnc2c(c1)CN(C)CC2.Cl. The second-order valence-corrected chi connectivity index (χ2v) is 13.1. The minimum Gasteiger partial charge on any atom is -0.496 e. The van der Waals surface area contributed by atoms with Gasteiger partial charge in [-0.1, -0.05) is 45.0 Å². The zero-order valence-corrected chi connectivity index (χ0v) is 28.9. The second kappa shape index (κ2) is 15.5. The summed E-state index contributed by atoms with van der Waals surface area (Å²) in [5.41, 5.74) is 8.41. The van der Waals surface area contributed by atoms with E-state index in [9.17, 15) is 9.59 Å². The first-order valence-corrected chi connectivity index (χ1v) is 15.7. The first kappa shape index (κ1) is 35.5. The molecule has 2 aromatic carbocycles. The predicted octanol–water partition coefficient (Wildman–Crippen LogP) is 6.37. The zero-order valence-electron chi connectivity index (χ0n) is 28.1. The summed E-state index contributed by atoms with van der Waals surface area (Å²) < 4.78 is 5.46. The van der Waals surface area contributed by atoms with Crippen molar-refractivity contribution in [1.82, 2.24) is 19.8 Å². The van der Waals surface area contributed by atoms with Gasteiger partial charge in [-0.25, -0.2) is 0 Å². The molecule has 0 saturated carbocycles. The summed E-state index contributed by atoms with van der Waals surface area (Å²) in [6.07, 6.45) is 5.39. The Labute approximate surface area is 284 Å². The lowest BCUT2D eigenvalue weighted by Crippen LogP contribution is -2.27. The Kier molecular flexibility index (Phi) is 11.7. The van der Waals surface area contributed by atoms with E-state index in [0.29, 0.717) is 22.6 Å². The van der Waals surface area contributed by atoms with E-state index in [-0.39, 0.29) is 29.6 Å². The number of aromatic nitrogens is 2. The maximum absolute atomic E-state index is 12.8. The minimum absolute atomic E-state index is 0. The lowest BCUT2D eigenvalue weighted by Gasteiger charge is -2.24. The van der Waals surface area contributed by atoms with E-state index >= 15 is 0 Å². The topological polar surface area (TPSA) is 99.7 Å². The third-order valence-electron chi connectivity index (χ3n) is 8.32. The predicted molar refractivity (Wildman–Crippen MR) is 190 cm³/mol. The summed E-state index contributed by atoms with van der Waals surface area (Å²) in [5, 5.41) is 5.86. The Balaban J connectivity index is 0.000000215. The fraction of sp³-hybridized carbons (Fsp3) is 0.351. The summed E-state index contributed by atoms with van der Waals surface area (Å²) >= 11 is 0. The van der Waals surface area contributed by atoms with Gasteiger partial charge in [-0.15, -0.1) is 12.4 Å². The van der Waals surface area contributed by atoms with Crippen LogP contribution < -0.4 is 15.4 Å². The minimum atomic E-state index is -0.187. The lowest BCUT2D eigenvalue weighted by atomic mass is 9.86. The van der Waals surface area contributed by atoms with Crippen LogP contribution >= 0.6 is 12.4 Å². The molecule has 248 valence electrons. The smallest absolute Gasteiger partial charge is 0.259 e. The molecule has 0 spiro atoms. The molecule has 47 heavy (non-hydrogen) atoms. The highest BCUT2D eigenvalue weighted by Crippen LogP contribution is 2.29. The quantitative estimate of drug-likeness (QED) is 0.258. The second-order valence-electron chi connectivity index (χ2n) is 13.1. The molecule has 0 aliphatic carbocycles. The molecule has 0 atom stereocenters. The molecule has 4 aromatic rings. The van der Waals surface area contributed by atoms with E-state index in [4.69, 9.17) is 4.74 Å². The zero-order chi connectivity index (χ0) is 32.8. The Bertz CT molecular complexity index is 1710. The van der Waals surface area contributed by atoms with Crippen molar-refractivity contribution in [3.8, 4) is 5.75 Å². The Morgan fingerprint density at radius 2 is 1.30 bits per heavy atom. The fourth-order valence-electron chi connectivity index (χ4n) is 5.61. The van der Waals surface area contributed by atoms with Crippen LogP contribution in [-0.4, -0.2) is 65.9 Å². The monoisotopic (exact) mass is 656 g/mol. The van der Waals surface area contributed by atoms with Gasteiger partial charge in [0, 0.05) is 56.0 Å². The number of halogens is 1. The van der Waals surface area contributed by atoms with Crippen molar-refractivity contribution in [2.45, 2.75) is 52.1 Å². The van der Waals surface area contributed by atoms with Gasteiger partial charge in [0.15, 0.2) is 0 Å². The lowest BCUT2D eigenvalue weighted by molar-refractivity contribution is 0.101. The molecular formula is C37H45ClN6O3. The highest BCUT2D eigenvalue weighted by molar-refractivity contribution is 6.06. The van der Waals surface area contributed by atoms with Crippen molar-refractivity contribution < 1.29 is 14.3 Å². The molecule has 10 heteroatoms. The number of carbonyl (C=O) groups is 2. The number of pyridine rings is 2. The highest BCUT2D eigenvalue weighted by atomic mass is 35.5. The van der Waals surface area contributed by atoms with Crippen molar-refractivity contribution in [3.63, 3.8) is 0 Å². The van der Waals surface area contributed by atoms with Gasteiger partial charge in [-0.2, -0.15) is 0 Å². The number of hydrogen-bond donors (Lipinski definition) is 2. The number of anilines is 2. The standard InChI is InChI=1S/C21H27N3O2.C16H17N3O.ClH/c1-21(2,3)15-6-7-17(19(11-15)26-5)20(25)23-16-10-14-13-24(4)9-8-18(14)22-12-16;1-19-8-7-15-13(11-19)9-14(10-17-15)18-16(20)12-5-3-2-4-6-12;/h6-7,10-12H,8-9,13H2,1-5H3,(H,23,25);2-6,9-10H,7-8,11H2,1H3,(H,18,20);1H. The van der Waals surface area contributed by atoms with Crippen LogP contribution in [0.25, 0.3) is 0 Å². The third-order valence-corrected chi connectivity index (χ3v) is 8.32. The molecule has 2 N–H and O–H groups in total. The number of amides is 2. The van der Waals surface area contributed by atoms with Gasteiger partial charge in [-0.05, 0) is 72.6 Å². The molecular weight excluding hydrogens is 612 g/mol. The first-order valence-electron chi connectivity index (χ1n) is 15.7. The number of hydrogen-bond acceptors (Lipinski definition) is 7. The van der Waals surface area contributed by atoms with Crippen LogP contribution in [0.3, 0.4) is 0 Å². The molecule has 9 nitrogen and oxygen atoms in total. The maximum atomic E-state index is 12.8. The van der Waals surface area contributed by atoms with Gasteiger partial charge in [-0.3, -0.25) is 19.6 Å². The van der Waals surface area contributed by atoms with Crippen LogP contribution in [0.5, 0.6) is 5.75 Å². The van der Waals surface area contributed by atoms with E-state index in [1.165, 1.54) is 11.1 Å². The third kappa shape index (κ3) is 9.16. The number of benzene rings is 2. The molecule has 4 heterocycles. The summed E-state index contributed by atoms with van der Waals surface area (Å²) in [5.74, 6) is 0.297. The number of rotatable bonds is 5. The van der Waals surface area contributed by atoms with Crippen molar-refractivity contribution in [2.24, 2.45) is 0 Å². The van der Waals surface area contributed by atoms with Gasteiger partial charge in [0.25, 0.3) is 11.8 Å². The van der Waals surface area contributed by atoms with E-state index in [0.717, 1.165) is 61.7 Å². The van der Waals surface area contributed by atoms with E-state index in [2.05, 4.69) is 65.3 Å². The highest BCUT2D eigenvalue weighted by Gasteiger charge is 2.20. The van der Waals surface area contributed by atoms with Gasteiger partial charge in [0.05, 0.1) is 36.4 Å². The normalized spacial score (nSPS) is 14.3. The summed E-state index contributed by atoms with van der Waals surface area (Å²) in [4.78, 5) is 38.3. The molecule has 0 unspecified atom stereocenters.